The van der Waals surface area contributed by atoms with Gasteiger partial charge < -0.3 is 4.80 Å². The molecular formula is CH4O3Si. The lowest BCUT2D eigenvalue weighted by Crippen LogP contribution is -2.06. The molecule has 4 heteroatoms. The van der Waals surface area contributed by atoms with Crippen LogP contribution in [0.4, 0.5) is 0 Å². The normalized spacial score (nSPS) is 30.0. The fraction of sp³-hybridized carbons (Fsp3) is 1.00. The first-order valence-electron chi connectivity index (χ1n) is 1.30. The van der Waals surface area contributed by atoms with E-state index in [4.69, 9.17) is 4.80 Å². The number of hydrogen-bond acceptors (Lipinski definition) is 3. The highest BCUT2D eigenvalue weighted by molar-refractivity contribution is 6.62. The molecule has 1 saturated heterocycles. The molecule has 0 aromatic heterocycles. The predicted molar refractivity (Wildman–Crippen MR) is 16.0 cm³/mol. The lowest BCUT2D eigenvalue weighted by molar-refractivity contribution is 0.0850. The fourth-order valence-corrected chi connectivity index (χ4v) is 0.543. The molecule has 3 nitrogen and oxygen atoms in total. The molecule has 0 radical (unpaired) electrons. The summed E-state index contributed by atoms with van der Waals surface area (Å²) in [6.07, 6.45) is 0. The van der Waals surface area contributed by atoms with Crippen LogP contribution in [0.25, 0.3) is 0 Å². The quantitative estimate of drug-likeness (QED) is 0.249. The van der Waals surface area contributed by atoms with E-state index in [0.29, 0.717) is 0 Å². The lowest BCUT2D eigenvalue weighted by atomic mass is 11.9. The van der Waals surface area contributed by atoms with E-state index in [2.05, 4.69) is 9.15 Å². The Morgan fingerprint density at radius 2 is 1.80 bits per heavy atom. The van der Waals surface area contributed by atoms with E-state index >= 15 is 0 Å². The van der Waals surface area contributed by atoms with Crippen LogP contribution < -0.4 is 0 Å². The molecule has 0 amide bonds. The second-order valence-electron chi connectivity index (χ2n) is 1.06. The van der Waals surface area contributed by atoms with Crippen molar-refractivity contribution in [2.75, 3.05) is 0 Å². The Labute approximate surface area is 30.4 Å². The fourth-order valence-electron chi connectivity index (χ4n) is 0.0603. The third kappa shape index (κ3) is 0.693. The summed E-state index contributed by atoms with van der Waals surface area (Å²) in [5, 5.41) is 0. The van der Waals surface area contributed by atoms with E-state index in [1.54, 1.807) is 6.55 Å². The standard InChI is InChI=1S/CH4O3Si/c1-5(2)3-4-5/h2H,1H3. The minimum atomic E-state index is -2.36. The van der Waals surface area contributed by atoms with E-state index < -0.39 is 8.80 Å². The summed E-state index contributed by atoms with van der Waals surface area (Å²) in [4.78, 5) is 8.33. The molecule has 0 bridgehead atoms. The van der Waals surface area contributed by atoms with Crippen molar-refractivity contribution in [2.24, 2.45) is 0 Å². The molecule has 0 aliphatic carbocycles. The largest absolute Gasteiger partial charge is 0.549 e. The molecule has 1 N–H and O–H groups in total. The minimum absolute atomic E-state index is 1.55. The summed E-state index contributed by atoms with van der Waals surface area (Å²) in [5.74, 6) is 0. The van der Waals surface area contributed by atoms with Gasteiger partial charge in [-0.05, 0) is 0 Å². The third-order valence-corrected chi connectivity index (χ3v) is 0.974. The Bertz CT molecular complexity index is 44.9. The van der Waals surface area contributed by atoms with Gasteiger partial charge in [0, 0.05) is 6.55 Å². The van der Waals surface area contributed by atoms with Crippen LogP contribution in [0.15, 0.2) is 0 Å². The van der Waals surface area contributed by atoms with Gasteiger partial charge in [0.05, 0.1) is 0 Å². The van der Waals surface area contributed by atoms with E-state index in [1.165, 1.54) is 0 Å². The van der Waals surface area contributed by atoms with Gasteiger partial charge in [-0.25, -0.2) is 9.15 Å². The SMILES string of the molecule is C[Si]1(O)OO1. The molecule has 30 valence electrons. The first-order valence-corrected chi connectivity index (χ1v) is 3.56. The second-order valence-corrected chi connectivity index (χ2v) is 3.19. The molecule has 5 heavy (non-hydrogen) atoms. The molecule has 0 unspecified atom stereocenters. The molecule has 1 rings (SSSR count). The van der Waals surface area contributed by atoms with Crippen molar-refractivity contribution in [1.82, 2.24) is 0 Å². The maximum absolute atomic E-state index is 8.33. The lowest BCUT2D eigenvalue weighted by Gasteiger charge is -1.66. The van der Waals surface area contributed by atoms with Crippen LogP contribution in [0.3, 0.4) is 0 Å². The summed E-state index contributed by atoms with van der Waals surface area (Å²) in [5.41, 5.74) is 0. The van der Waals surface area contributed by atoms with Crippen LogP contribution in [0, 0.1) is 0 Å². The van der Waals surface area contributed by atoms with E-state index in [0.717, 1.165) is 0 Å². The zero-order valence-electron chi connectivity index (χ0n) is 2.76. The summed E-state index contributed by atoms with van der Waals surface area (Å²) in [6, 6.07) is 0. The van der Waals surface area contributed by atoms with Crippen LogP contribution in [0.2, 0.25) is 6.55 Å². The summed E-state index contributed by atoms with van der Waals surface area (Å²) < 4.78 is 8.18. The third-order valence-electron chi connectivity index (χ3n) is 0.325. The molecule has 1 fully saturated rings. The second kappa shape index (κ2) is 0.599. The smallest absolute Gasteiger partial charge is 0.387 e. The van der Waals surface area contributed by atoms with E-state index in [-0.39, 0.29) is 0 Å². The van der Waals surface area contributed by atoms with Crippen molar-refractivity contribution < 1.29 is 13.9 Å². The van der Waals surface area contributed by atoms with Crippen LogP contribution in [-0.4, -0.2) is 13.6 Å². The molecule has 1 aliphatic heterocycles. The van der Waals surface area contributed by atoms with Crippen molar-refractivity contribution in [1.29, 1.82) is 0 Å². The van der Waals surface area contributed by atoms with Gasteiger partial charge in [0.1, 0.15) is 0 Å². The molecule has 0 saturated carbocycles. The summed E-state index contributed by atoms with van der Waals surface area (Å²) in [6.45, 7) is 1.55. The van der Waals surface area contributed by atoms with Gasteiger partial charge in [-0.1, -0.05) is 0 Å². The van der Waals surface area contributed by atoms with Gasteiger partial charge in [-0.3, -0.25) is 0 Å². The topological polar surface area (TPSA) is 45.3 Å². The molecule has 1 aliphatic rings. The zero-order valence-corrected chi connectivity index (χ0v) is 3.76. The maximum Gasteiger partial charge on any atom is 0.549 e. The molecule has 0 aromatic rings. The Morgan fingerprint density at radius 3 is 1.80 bits per heavy atom. The Kier molecular flexibility index (Phi) is 0.395. The monoisotopic (exact) mass is 92.0 g/mol. The summed E-state index contributed by atoms with van der Waals surface area (Å²) >= 11 is 0. The van der Waals surface area contributed by atoms with Crippen molar-refractivity contribution in [2.45, 2.75) is 6.55 Å². The highest BCUT2D eigenvalue weighted by Gasteiger charge is 2.48. The molecule has 0 aromatic carbocycles. The maximum atomic E-state index is 8.33. The predicted octanol–water partition coefficient (Wildman–Crippen LogP) is -0.491. The minimum Gasteiger partial charge on any atom is -0.387 e. The number of rotatable bonds is 0. The van der Waals surface area contributed by atoms with Crippen LogP contribution in [0.1, 0.15) is 0 Å². The van der Waals surface area contributed by atoms with Gasteiger partial charge in [-0.2, -0.15) is 0 Å². The van der Waals surface area contributed by atoms with Gasteiger partial charge >= 0.3 is 8.80 Å². The average Bonchev–Trinajstić information content (AvgIpc) is 1.76. The van der Waals surface area contributed by atoms with Crippen molar-refractivity contribution in [3.8, 4) is 0 Å². The Hall–Kier alpha value is 0.0969. The first-order chi connectivity index (χ1) is 2.21. The molecule has 1 heterocycles. The summed E-state index contributed by atoms with van der Waals surface area (Å²) in [7, 11) is -2.36. The Morgan fingerprint density at radius 1 is 1.60 bits per heavy atom. The first kappa shape index (κ1) is 3.29. The van der Waals surface area contributed by atoms with Crippen LogP contribution >= 0.6 is 0 Å². The average molecular weight is 92.1 g/mol. The highest BCUT2D eigenvalue weighted by Crippen LogP contribution is 2.16. The van der Waals surface area contributed by atoms with Crippen LogP contribution in [0.5, 0.6) is 0 Å². The molecule has 0 atom stereocenters. The van der Waals surface area contributed by atoms with E-state index in [1.807, 2.05) is 0 Å². The van der Waals surface area contributed by atoms with Gasteiger partial charge in [0.25, 0.3) is 0 Å². The van der Waals surface area contributed by atoms with Crippen LogP contribution in [-0.2, 0) is 9.15 Å². The van der Waals surface area contributed by atoms with Gasteiger partial charge in [0.15, 0.2) is 0 Å². The van der Waals surface area contributed by atoms with Crippen molar-refractivity contribution in [3.05, 3.63) is 0 Å². The van der Waals surface area contributed by atoms with Gasteiger partial charge in [-0.15, -0.1) is 0 Å². The Balaban J connectivity index is 2.38. The van der Waals surface area contributed by atoms with E-state index in [9.17, 15) is 0 Å². The number of hydrogen-bond donors (Lipinski definition) is 1. The highest BCUT2D eigenvalue weighted by atomic mass is 28.4. The molecular weight excluding hydrogens is 88.1 g/mol. The molecule has 0 spiro atoms. The van der Waals surface area contributed by atoms with Crippen molar-refractivity contribution >= 4 is 8.80 Å². The van der Waals surface area contributed by atoms with Gasteiger partial charge in [0.2, 0.25) is 0 Å². The zero-order chi connectivity index (χ0) is 3.91. The van der Waals surface area contributed by atoms with Crippen molar-refractivity contribution in [3.63, 3.8) is 0 Å².